The van der Waals surface area contributed by atoms with Crippen LogP contribution >= 0.6 is 11.6 Å². The SMILES string of the molecule is O=C(CO)CCCCCC(=O)N1CCN(c2ccc(Cl)cc2)CC1. The lowest BCUT2D eigenvalue weighted by atomic mass is 10.1. The van der Waals surface area contributed by atoms with Crippen molar-refractivity contribution < 1.29 is 14.7 Å². The Kier molecular flexibility index (Phi) is 7.53. The first-order valence-corrected chi connectivity index (χ1v) is 8.89. The number of unbranched alkanes of at least 4 members (excludes halogenated alkanes) is 2. The average Bonchev–Trinajstić information content (AvgIpc) is 2.62. The molecule has 1 fully saturated rings. The normalized spacial score (nSPS) is 14.8. The molecule has 132 valence electrons. The van der Waals surface area contributed by atoms with Crippen LogP contribution in [0.4, 0.5) is 5.69 Å². The molecule has 1 saturated heterocycles. The van der Waals surface area contributed by atoms with E-state index in [0.717, 1.165) is 56.2 Å². The highest BCUT2D eigenvalue weighted by molar-refractivity contribution is 6.30. The Hall–Kier alpha value is -1.59. The number of anilines is 1. The molecule has 1 aromatic carbocycles. The second-order valence-corrected chi connectivity index (χ2v) is 6.54. The van der Waals surface area contributed by atoms with Crippen LogP contribution in [0.3, 0.4) is 0 Å². The summed E-state index contributed by atoms with van der Waals surface area (Å²) in [5.41, 5.74) is 1.14. The molecule has 1 aliphatic heterocycles. The van der Waals surface area contributed by atoms with Crippen molar-refractivity contribution in [2.45, 2.75) is 32.1 Å². The quantitative estimate of drug-likeness (QED) is 0.730. The molecule has 0 aromatic heterocycles. The summed E-state index contributed by atoms with van der Waals surface area (Å²) < 4.78 is 0. The van der Waals surface area contributed by atoms with Crippen molar-refractivity contribution in [3.8, 4) is 0 Å². The minimum Gasteiger partial charge on any atom is -0.389 e. The van der Waals surface area contributed by atoms with E-state index in [1.807, 2.05) is 29.2 Å². The number of aliphatic hydroxyl groups excluding tert-OH is 1. The molecule has 0 atom stereocenters. The number of benzene rings is 1. The minimum atomic E-state index is -0.378. The van der Waals surface area contributed by atoms with Crippen LogP contribution in [0.25, 0.3) is 0 Å². The molecule has 0 bridgehead atoms. The molecular formula is C18H25ClN2O3. The van der Waals surface area contributed by atoms with Crippen LogP contribution in [0.5, 0.6) is 0 Å². The second kappa shape index (κ2) is 9.64. The number of nitrogens with zero attached hydrogens (tertiary/aromatic N) is 2. The highest BCUT2D eigenvalue weighted by atomic mass is 35.5. The van der Waals surface area contributed by atoms with Crippen LogP contribution in [0.15, 0.2) is 24.3 Å². The Balaban J connectivity index is 1.65. The van der Waals surface area contributed by atoms with Crippen molar-refractivity contribution in [3.05, 3.63) is 29.3 Å². The van der Waals surface area contributed by atoms with Crippen molar-refractivity contribution in [1.29, 1.82) is 0 Å². The monoisotopic (exact) mass is 352 g/mol. The number of piperazine rings is 1. The molecule has 0 aliphatic carbocycles. The number of ketones is 1. The number of amides is 1. The summed E-state index contributed by atoms with van der Waals surface area (Å²) in [6, 6.07) is 7.78. The molecule has 1 heterocycles. The van der Waals surface area contributed by atoms with Gasteiger partial charge in [0, 0.05) is 49.7 Å². The Labute approximate surface area is 148 Å². The topological polar surface area (TPSA) is 60.9 Å². The van der Waals surface area contributed by atoms with Gasteiger partial charge in [0.2, 0.25) is 5.91 Å². The van der Waals surface area contributed by atoms with E-state index in [2.05, 4.69) is 4.90 Å². The van der Waals surface area contributed by atoms with E-state index in [4.69, 9.17) is 16.7 Å². The first-order chi connectivity index (χ1) is 11.6. The van der Waals surface area contributed by atoms with Crippen molar-refractivity contribution in [1.82, 2.24) is 4.90 Å². The Morgan fingerprint density at radius 3 is 2.21 bits per heavy atom. The minimum absolute atomic E-state index is 0.125. The van der Waals surface area contributed by atoms with Crippen molar-refractivity contribution in [3.63, 3.8) is 0 Å². The van der Waals surface area contributed by atoms with E-state index >= 15 is 0 Å². The molecule has 0 saturated carbocycles. The maximum Gasteiger partial charge on any atom is 0.222 e. The molecule has 24 heavy (non-hydrogen) atoms. The standard InChI is InChI=1S/C18H25ClN2O3/c19-15-6-8-16(9-7-15)20-10-12-21(13-11-20)18(24)5-3-1-2-4-17(23)14-22/h6-9,22H,1-5,10-14H2. The predicted octanol–water partition coefficient (Wildman–Crippen LogP) is 2.50. The number of Topliss-reactive ketones (excluding diaryl/α,β-unsaturated/α-hetero) is 1. The fourth-order valence-electron chi connectivity index (χ4n) is 2.88. The van der Waals surface area contributed by atoms with Crippen LogP contribution in [-0.2, 0) is 9.59 Å². The van der Waals surface area contributed by atoms with Gasteiger partial charge in [-0.25, -0.2) is 0 Å². The number of carbonyl (C=O) groups excluding carboxylic acids is 2. The Morgan fingerprint density at radius 2 is 1.58 bits per heavy atom. The van der Waals surface area contributed by atoms with E-state index in [1.165, 1.54) is 0 Å². The Morgan fingerprint density at radius 1 is 0.958 bits per heavy atom. The molecule has 0 unspecified atom stereocenters. The van der Waals surface area contributed by atoms with Crippen molar-refractivity contribution in [2.24, 2.45) is 0 Å². The van der Waals surface area contributed by atoms with Gasteiger partial charge in [0.25, 0.3) is 0 Å². The van der Waals surface area contributed by atoms with Gasteiger partial charge in [0.05, 0.1) is 0 Å². The van der Waals surface area contributed by atoms with Crippen molar-refractivity contribution in [2.75, 3.05) is 37.7 Å². The number of aliphatic hydroxyl groups is 1. The van der Waals surface area contributed by atoms with Gasteiger partial charge in [-0.05, 0) is 37.1 Å². The number of rotatable bonds is 8. The van der Waals surface area contributed by atoms with Crippen LogP contribution < -0.4 is 4.90 Å². The van der Waals surface area contributed by atoms with Gasteiger partial charge in [0.1, 0.15) is 6.61 Å². The summed E-state index contributed by atoms with van der Waals surface area (Å²) >= 11 is 5.91. The van der Waals surface area contributed by atoms with Gasteiger partial charge >= 0.3 is 0 Å². The lowest BCUT2D eigenvalue weighted by molar-refractivity contribution is -0.131. The predicted molar refractivity (Wildman–Crippen MR) is 95.4 cm³/mol. The van der Waals surface area contributed by atoms with Gasteiger partial charge in [-0.15, -0.1) is 0 Å². The molecule has 2 rings (SSSR count). The molecule has 5 nitrogen and oxygen atoms in total. The van der Waals surface area contributed by atoms with Gasteiger partial charge < -0.3 is 14.9 Å². The lowest BCUT2D eigenvalue weighted by Crippen LogP contribution is -2.48. The van der Waals surface area contributed by atoms with Crippen LogP contribution in [0, 0.1) is 0 Å². The molecule has 1 N–H and O–H groups in total. The largest absolute Gasteiger partial charge is 0.389 e. The zero-order valence-electron chi connectivity index (χ0n) is 13.9. The second-order valence-electron chi connectivity index (χ2n) is 6.10. The van der Waals surface area contributed by atoms with E-state index in [-0.39, 0.29) is 18.3 Å². The third kappa shape index (κ3) is 5.80. The summed E-state index contributed by atoms with van der Waals surface area (Å²) in [6.07, 6.45) is 3.34. The van der Waals surface area contributed by atoms with Crippen LogP contribution in [-0.4, -0.2) is 54.5 Å². The molecule has 0 spiro atoms. The molecule has 6 heteroatoms. The van der Waals surface area contributed by atoms with Crippen molar-refractivity contribution >= 4 is 29.0 Å². The molecule has 1 aromatic rings. The summed E-state index contributed by atoms with van der Waals surface area (Å²) in [5.74, 6) is 0.0684. The number of hydrogen-bond acceptors (Lipinski definition) is 4. The maximum absolute atomic E-state index is 12.2. The average molecular weight is 353 g/mol. The van der Waals surface area contributed by atoms with E-state index in [1.54, 1.807) is 0 Å². The van der Waals surface area contributed by atoms with Gasteiger partial charge in [-0.3, -0.25) is 9.59 Å². The fourth-order valence-corrected chi connectivity index (χ4v) is 3.00. The van der Waals surface area contributed by atoms with E-state index in [0.29, 0.717) is 12.8 Å². The van der Waals surface area contributed by atoms with E-state index < -0.39 is 0 Å². The third-order valence-electron chi connectivity index (χ3n) is 4.35. The van der Waals surface area contributed by atoms with E-state index in [9.17, 15) is 9.59 Å². The number of halogens is 1. The lowest BCUT2D eigenvalue weighted by Gasteiger charge is -2.36. The molecule has 1 aliphatic rings. The van der Waals surface area contributed by atoms with Gasteiger partial charge in [-0.1, -0.05) is 18.0 Å². The Bertz CT molecular complexity index is 540. The zero-order chi connectivity index (χ0) is 17.4. The van der Waals surface area contributed by atoms with Gasteiger partial charge in [0.15, 0.2) is 5.78 Å². The highest BCUT2D eigenvalue weighted by Crippen LogP contribution is 2.19. The fraction of sp³-hybridized carbons (Fsp3) is 0.556. The molecule has 1 amide bonds. The zero-order valence-corrected chi connectivity index (χ0v) is 14.7. The summed E-state index contributed by atoms with van der Waals surface area (Å²) in [6.45, 7) is 2.77. The number of hydrogen-bond donors (Lipinski definition) is 1. The smallest absolute Gasteiger partial charge is 0.222 e. The summed E-state index contributed by atoms with van der Waals surface area (Å²) in [5, 5.41) is 9.38. The van der Waals surface area contributed by atoms with Crippen LogP contribution in [0.1, 0.15) is 32.1 Å². The number of carbonyl (C=O) groups is 2. The first kappa shape index (κ1) is 18.7. The molecular weight excluding hydrogens is 328 g/mol. The molecule has 0 radical (unpaired) electrons. The first-order valence-electron chi connectivity index (χ1n) is 8.51. The van der Waals surface area contributed by atoms with Gasteiger partial charge in [-0.2, -0.15) is 0 Å². The maximum atomic E-state index is 12.2. The van der Waals surface area contributed by atoms with Crippen LogP contribution in [0.2, 0.25) is 5.02 Å². The summed E-state index contributed by atoms with van der Waals surface area (Å²) in [4.78, 5) is 27.4. The third-order valence-corrected chi connectivity index (χ3v) is 4.60. The highest BCUT2D eigenvalue weighted by Gasteiger charge is 2.20. The summed E-state index contributed by atoms with van der Waals surface area (Å²) in [7, 11) is 0.